The summed E-state index contributed by atoms with van der Waals surface area (Å²) in [5.41, 5.74) is 1.53. The fourth-order valence-electron chi connectivity index (χ4n) is 3.55. The SMILES string of the molecule is C[C@@H]1CNCC[C@H]1OCC#Cc1ccn2c(N3CCC(=O)NC3=O)cnc2c1. The highest BCUT2D eigenvalue weighted by atomic mass is 16.5. The maximum absolute atomic E-state index is 12.1. The van der Waals surface area contributed by atoms with Gasteiger partial charge in [0.05, 0.1) is 12.3 Å². The molecule has 3 amide bonds. The number of hydrogen-bond donors (Lipinski definition) is 2. The van der Waals surface area contributed by atoms with Gasteiger partial charge < -0.3 is 10.1 Å². The van der Waals surface area contributed by atoms with Crippen molar-refractivity contribution in [3.05, 3.63) is 30.1 Å². The standard InChI is InChI=1S/C20H23N5O3/c1-14-12-21-7-4-16(14)28-10-2-3-15-5-8-24-17(11-15)22-13-19(24)25-9-6-18(26)23-20(25)27/h5,8,11,13-14,16,21H,4,6-7,9-10,12H2,1H3,(H,23,26,27)/t14-,16-/m1/s1. The Labute approximate surface area is 163 Å². The summed E-state index contributed by atoms with van der Waals surface area (Å²) in [6.07, 6.45) is 5.01. The summed E-state index contributed by atoms with van der Waals surface area (Å²) < 4.78 is 7.71. The zero-order valence-electron chi connectivity index (χ0n) is 15.8. The molecule has 0 aliphatic carbocycles. The number of carbonyl (C=O) groups excluding carboxylic acids is 2. The van der Waals surface area contributed by atoms with E-state index in [2.05, 4.69) is 34.4 Å². The van der Waals surface area contributed by atoms with Crippen molar-refractivity contribution in [2.24, 2.45) is 5.92 Å². The zero-order chi connectivity index (χ0) is 19.5. The van der Waals surface area contributed by atoms with Gasteiger partial charge in [-0.15, -0.1) is 0 Å². The molecule has 2 fully saturated rings. The number of rotatable bonds is 3. The quantitative estimate of drug-likeness (QED) is 0.779. The Morgan fingerprint density at radius 1 is 1.39 bits per heavy atom. The van der Waals surface area contributed by atoms with Crippen LogP contribution in [0.15, 0.2) is 24.5 Å². The van der Waals surface area contributed by atoms with Gasteiger partial charge in [-0.3, -0.25) is 19.4 Å². The van der Waals surface area contributed by atoms with Crippen LogP contribution >= 0.6 is 0 Å². The van der Waals surface area contributed by atoms with Gasteiger partial charge in [0.2, 0.25) is 5.91 Å². The number of ether oxygens (including phenoxy) is 1. The van der Waals surface area contributed by atoms with Crippen LogP contribution in [0.1, 0.15) is 25.3 Å². The van der Waals surface area contributed by atoms with Gasteiger partial charge in [0, 0.05) is 31.3 Å². The molecule has 0 radical (unpaired) electrons. The molecule has 0 spiro atoms. The number of amides is 3. The Bertz CT molecular complexity index is 958. The molecule has 0 unspecified atom stereocenters. The van der Waals surface area contributed by atoms with E-state index in [9.17, 15) is 9.59 Å². The molecule has 2 aliphatic rings. The fourth-order valence-corrected chi connectivity index (χ4v) is 3.55. The number of urea groups is 1. The van der Waals surface area contributed by atoms with Gasteiger partial charge in [-0.05, 0) is 31.0 Å². The molecule has 146 valence electrons. The minimum Gasteiger partial charge on any atom is -0.365 e. The molecule has 2 atom stereocenters. The van der Waals surface area contributed by atoms with Gasteiger partial charge in [-0.1, -0.05) is 18.8 Å². The number of anilines is 1. The molecule has 0 saturated carbocycles. The molecule has 28 heavy (non-hydrogen) atoms. The first-order valence-electron chi connectivity index (χ1n) is 9.51. The van der Waals surface area contributed by atoms with E-state index in [1.807, 2.05) is 22.7 Å². The molecular weight excluding hydrogens is 358 g/mol. The van der Waals surface area contributed by atoms with Crippen molar-refractivity contribution >= 4 is 23.4 Å². The van der Waals surface area contributed by atoms with Crippen LogP contribution in [0.3, 0.4) is 0 Å². The van der Waals surface area contributed by atoms with E-state index in [0.717, 1.165) is 25.1 Å². The molecule has 8 nitrogen and oxygen atoms in total. The van der Waals surface area contributed by atoms with Crippen molar-refractivity contribution in [1.82, 2.24) is 20.0 Å². The van der Waals surface area contributed by atoms with Gasteiger partial charge >= 0.3 is 6.03 Å². The average Bonchev–Trinajstić information content (AvgIpc) is 3.09. The highest BCUT2D eigenvalue weighted by Gasteiger charge is 2.26. The molecule has 0 bridgehead atoms. The Balaban J connectivity index is 1.43. The summed E-state index contributed by atoms with van der Waals surface area (Å²) in [6.45, 7) is 4.91. The topological polar surface area (TPSA) is 88.0 Å². The number of pyridine rings is 1. The predicted octanol–water partition coefficient (Wildman–Crippen LogP) is 1.15. The lowest BCUT2D eigenvalue weighted by Gasteiger charge is -2.28. The van der Waals surface area contributed by atoms with Crippen LogP contribution in [0, 0.1) is 17.8 Å². The molecule has 2 N–H and O–H groups in total. The Hall–Kier alpha value is -2.89. The lowest BCUT2D eigenvalue weighted by atomic mass is 9.98. The molecule has 2 aromatic heterocycles. The predicted molar refractivity (Wildman–Crippen MR) is 104 cm³/mol. The third-order valence-electron chi connectivity index (χ3n) is 5.13. The van der Waals surface area contributed by atoms with Crippen LogP contribution in [-0.4, -0.2) is 53.7 Å². The van der Waals surface area contributed by atoms with E-state index in [0.29, 0.717) is 30.5 Å². The first kappa shape index (κ1) is 18.5. The van der Waals surface area contributed by atoms with Gasteiger partial charge in [-0.2, -0.15) is 0 Å². The average molecular weight is 381 g/mol. The van der Waals surface area contributed by atoms with Crippen LogP contribution in [0.2, 0.25) is 0 Å². The molecule has 8 heteroatoms. The van der Waals surface area contributed by atoms with Gasteiger partial charge in [0.1, 0.15) is 18.1 Å². The second-order valence-electron chi connectivity index (χ2n) is 7.14. The van der Waals surface area contributed by atoms with Gasteiger partial charge in [-0.25, -0.2) is 9.78 Å². The van der Waals surface area contributed by atoms with E-state index in [1.165, 1.54) is 4.90 Å². The number of imidazole rings is 1. The lowest BCUT2D eigenvalue weighted by Crippen LogP contribution is -2.50. The van der Waals surface area contributed by atoms with E-state index in [4.69, 9.17) is 4.74 Å². The first-order chi connectivity index (χ1) is 13.6. The summed E-state index contributed by atoms with van der Waals surface area (Å²) >= 11 is 0. The van der Waals surface area contributed by atoms with Crippen molar-refractivity contribution < 1.29 is 14.3 Å². The minimum atomic E-state index is -0.425. The molecule has 2 saturated heterocycles. The number of piperidine rings is 1. The number of fused-ring (bicyclic) bond motifs is 1. The molecule has 4 heterocycles. The number of nitrogens with one attached hydrogen (secondary N) is 2. The summed E-state index contributed by atoms with van der Waals surface area (Å²) in [4.78, 5) is 29.3. The summed E-state index contributed by atoms with van der Waals surface area (Å²) in [6, 6.07) is 3.33. The van der Waals surface area contributed by atoms with E-state index in [1.54, 1.807) is 6.20 Å². The lowest BCUT2D eigenvalue weighted by molar-refractivity contribution is -0.120. The van der Waals surface area contributed by atoms with E-state index in [-0.39, 0.29) is 18.4 Å². The van der Waals surface area contributed by atoms with Crippen molar-refractivity contribution in [2.45, 2.75) is 25.9 Å². The van der Waals surface area contributed by atoms with Crippen molar-refractivity contribution in [2.75, 3.05) is 31.1 Å². The van der Waals surface area contributed by atoms with Crippen LogP contribution in [0.25, 0.3) is 5.65 Å². The third kappa shape index (κ3) is 3.86. The minimum absolute atomic E-state index is 0.256. The highest BCUT2D eigenvalue weighted by molar-refractivity contribution is 6.05. The summed E-state index contributed by atoms with van der Waals surface area (Å²) in [7, 11) is 0. The normalized spacial score (nSPS) is 22.7. The van der Waals surface area contributed by atoms with Crippen LogP contribution in [-0.2, 0) is 9.53 Å². The van der Waals surface area contributed by atoms with Crippen molar-refractivity contribution in [1.29, 1.82) is 0 Å². The van der Waals surface area contributed by atoms with Crippen LogP contribution in [0.5, 0.6) is 0 Å². The number of aromatic nitrogens is 2. The summed E-state index contributed by atoms with van der Waals surface area (Å²) in [5.74, 6) is 7.06. The molecular formula is C20H23N5O3. The number of hydrogen-bond acceptors (Lipinski definition) is 5. The van der Waals surface area contributed by atoms with Gasteiger partial charge in [0.25, 0.3) is 0 Å². The maximum atomic E-state index is 12.1. The number of nitrogens with zero attached hydrogens (tertiary/aromatic N) is 3. The fraction of sp³-hybridized carbons (Fsp3) is 0.450. The largest absolute Gasteiger partial charge is 0.365 e. The van der Waals surface area contributed by atoms with Crippen LogP contribution < -0.4 is 15.5 Å². The highest BCUT2D eigenvalue weighted by Crippen LogP contribution is 2.20. The molecule has 4 rings (SSSR count). The Morgan fingerprint density at radius 3 is 3.11 bits per heavy atom. The van der Waals surface area contributed by atoms with Crippen molar-refractivity contribution in [3.8, 4) is 11.8 Å². The maximum Gasteiger partial charge on any atom is 0.329 e. The summed E-state index contributed by atoms with van der Waals surface area (Å²) in [5, 5.41) is 5.68. The number of imide groups is 1. The van der Waals surface area contributed by atoms with Crippen LogP contribution in [0.4, 0.5) is 10.6 Å². The monoisotopic (exact) mass is 381 g/mol. The molecule has 2 aliphatic heterocycles. The Morgan fingerprint density at radius 2 is 2.29 bits per heavy atom. The smallest absolute Gasteiger partial charge is 0.329 e. The second-order valence-corrected chi connectivity index (χ2v) is 7.14. The van der Waals surface area contributed by atoms with E-state index >= 15 is 0 Å². The van der Waals surface area contributed by atoms with Crippen molar-refractivity contribution in [3.63, 3.8) is 0 Å². The Kier molecular flexibility index (Phi) is 5.28. The first-order valence-corrected chi connectivity index (χ1v) is 9.51. The second kappa shape index (κ2) is 8.00. The molecule has 0 aromatic carbocycles. The zero-order valence-corrected chi connectivity index (χ0v) is 15.8. The molecule has 2 aromatic rings. The number of carbonyl (C=O) groups is 2. The van der Waals surface area contributed by atoms with E-state index < -0.39 is 6.03 Å². The van der Waals surface area contributed by atoms with Gasteiger partial charge in [0.15, 0.2) is 0 Å². The third-order valence-corrected chi connectivity index (χ3v) is 5.13.